The standard InChI is InChI=1S/C15H17N3O2/c1-20-14-4-2-3-11(7-14)10-18-15(19)12-5-6-17-13(8-12)9-16/h2-8H,9-10,16H2,1H3,(H,18,19). The van der Waals surface area contributed by atoms with E-state index in [1.807, 2.05) is 24.3 Å². The third-order valence-corrected chi connectivity index (χ3v) is 2.88. The summed E-state index contributed by atoms with van der Waals surface area (Å²) < 4.78 is 5.14. The molecule has 0 bridgehead atoms. The van der Waals surface area contributed by atoms with E-state index < -0.39 is 0 Å². The Labute approximate surface area is 117 Å². The molecule has 0 unspecified atom stereocenters. The van der Waals surface area contributed by atoms with Gasteiger partial charge in [0.15, 0.2) is 0 Å². The van der Waals surface area contributed by atoms with Crippen molar-refractivity contribution in [2.75, 3.05) is 7.11 Å². The highest BCUT2D eigenvalue weighted by molar-refractivity contribution is 5.94. The van der Waals surface area contributed by atoms with Gasteiger partial charge in [0.05, 0.1) is 12.8 Å². The van der Waals surface area contributed by atoms with Crippen LogP contribution < -0.4 is 15.8 Å². The van der Waals surface area contributed by atoms with E-state index in [4.69, 9.17) is 10.5 Å². The van der Waals surface area contributed by atoms with Gasteiger partial charge in [0.2, 0.25) is 0 Å². The molecule has 1 aromatic heterocycles. The van der Waals surface area contributed by atoms with Gasteiger partial charge in [-0.1, -0.05) is 12.1 Å². The van der Waals surface area contributed by atoms with Crippen molar-refractivity contribution in [3.63, 3.8) is 0 Å². The van der Waals surface area contributed by atoms with Gasteiger partial charge in [-0.2, -0.15) is 0 Å². The van der Waals surface area contributed by atoms with E-state index in [1.54, 1.807) is 25.4 Å². The van der Waals surface area contributed by atoms with Gasteiger partial charge in [-0.3, -0.25) is 9.78 Å². The topological polar surface area (TPSA) is 77.2 Å². The molecule has 2 rings (SSSR count). The lowest BCUT2D eigenvalue weighted by Crippen LogP contribution is -2.23. The number of methoxy groups -OCH3 is 1. The normalized spacial score (nSPS) is 10.1. The second-order valence-electron chi connectivity index (χ2n) is 4.27. The summed E-state index contributed by atoms with van der Waals surface area (Å²) >= 11 is 0. The van der Waals surface area contributed by atoms with Crippen LogP contribution >= 0.6 is 0 Å². The second-order valence-corrected chi connectivity index (χ2v) is 4.27. The highest BCUT2D eigenvalue weighted by atomic mass is 16.5. The molecule has 3 N–H and O–H groups in total. The molecule has 0 atom stereocenters. The van der Waals surface area contributed by atoms with Crippen molar-refractivity contribution in [1.29, 1.82) is 0 Å². The molecule has 1 heterocycles. The molecule has 0 saturated carbocycles. The lowest BCUT2D eigenvalue weighted by molar-refractivity contribution is 0.0950. The number of carbonyl (C=O) groups excluding carboxylic acids is 1. The van der Waals surface area contributed by atoms with E-state index in [1.165, 1.54) is 0 Å². The van der Waals surface area contributed by atoms with Gasteiger partial charge >= 0.3 is 0 Å². The molecule has 0 aliphatic heterocycles. The number of nitrogens with two attached hydrogens (primary N) is 1. The Bertz CT molecular complexity index is 599. The SMILES string of the molecule is COc1cccc(CNC(=O)c2ccnc(CN)c2)c1. The molecule has 0 spiro atoms. The summed E-state index contributed by atoms with van der Waals surface area (Å²) in [4.78, 5) is 16.1. The molecule has 1 aromatic carbocycles. The first-order valence-corrected chi connectivity index (χ1v) is 6.29. The van der Waals surface area contributed by atoms with Crippen molar-refractivity contribution in [2.24, 2.45) is 5.73 Å². The van der Waals surface area contributed by atoms with Crippen LogP contribution in [0.5, 0.6) is 5.75 Å². The van der Waals surface area contributed by atoms with Crippen molar-refractivity contribution < 1.29 is 9.53 Å². The van der Waals surface area contributed by atoms with E-state index in [-0.39, 0.29) is 5.91 Å². The summed E-state index contributed by atoms with van der Waals surface area (Å²) in [6, 6.07) is 10.9. The Kier molecular flexibility index (Phi) is 4.68. The first kappa shape index (κ1) is 14.0. The summed E-state index contributed by atoms with van der Waals surface area (Å²) in [5.74, 6) is 0.621. The summed E-state index contributed by atoms with van der Waals surface area (Å²) in [5, 5.41) is 2.85. The van der Waals surface area contributed by atoms with Crippen LogP contribution in [-0.2, 0) is 13.1 Å². The average Bonchev–Trinajstić information content (AvgIpc) is 2.52. The minimum atomic E-state index is -0.148. The van der Waals surface area contributed by atoms with Crippen LogP contribution in [0.2, 0.25) is 0 Å². The number of nitrogens with one attached hydrogen (secondary N) is 1. The van der Waals surface area contributed by atoms with Gasteiger partial charge in [0.25, 0.3) is 5.91 Å². The van der Waals surface area contributed by atoms with Crippen LogP contribution in [0.1, 0.15) is 21.6 Å². The smallest absolute Gasteiger partial charge is 0.251 e. The van der Waals surface area contributed by atoms with Crippen molar-refractivity contribution in [3.05, 3.63) is 59.4 Å². The van der Waals surface area contributed by atoms with Gasteiger partial charge < -0.3 is 15.8 Å². The van der Waals surface area contributed by atoms with Crippen molar-refractivity contribution in [2.45, 2.75) is 13.1 Å². The largest absolute Gasteiger partial charge is 0.497 e. The van der Waals surface area contributed by atoms with Crippen LogP contribution in [-0.4, -0.2) is 18.0 Å². The van der Waals surface area contributed by atoms with E-state index in [0.29, 0.717) is 24.3 Å². The van der Waals surface area contributed by atoms with Gasteiger partial charge in [0.1, 0.15) is 5.75 Å². The minimum Gasteiger partial charge on any atom is -0.497 e. The predicted molar refractivity (Wildman–Crippen MR) is 76.3 cm³/mol. The molecule has 0 aliphatic rings. The molecule has 20 heavy (non-hydrogen) atoms. The van der Waals surface area contributed by atoms with Crippen LogP contribution in [0.4, 0.5) is 0 Å². The van der Waals surface area contributed by atoms with Gasteiger partial charge in [-0.25, -0.2) is 0 Å². The highest BCUT2D eigenvalue weighted by Gasteiger charge is 2.06. The average molecular weight is 271 g/mol. The zero-order valence-corrected chi connectivity index (χ0v) is 11.3. The number of hydrogen-bond donors (Lipinski definition) is 2. The van der Waals surface area contributed by atoms with E-state index in [2.05, 4.69) is 10.3 Å². The number of ether oxygens (including phenoxy) is 1. The molecule has 0 radical (unpaired) electrons. The summed E-state index contributed by atoms with van der Waals surface area (Å²) in [6.45, 7) is 0.757. The maximum absolute atomic E-state index is 12.0. The Morgan fingerprint density at radius 3 is 2.95 bits per heavy atom. The zero-order chi connectivity index (χ0) is 14.4. The Morgan fingerprint density at radius 2 is 2.20 bits per heavy atom. The number of hydrogen-bond acceptors (Lipinski definition) is 4. The number of aromatic nitrogens is 1. The molecule has 5 nitrogen and oxygen atoms in total. The van der Waals surface area contributed by atoms with E-state index in [0.717, 1.165) is 11.3 Å². The van der Waals surface area contributed by atoms with Crippen molar-refractivity contribution >= 4 is 5.91 Å². The summed E-state index contributed by atoms with van der Waals surface area (Å²) in [7, 11) is 1.61. The molecule has 1 amide bonds. The highest BCUT2D eigenvalue weighted by Crippen LogP contribution is 2.12. The molecule has 2 aromatic rings. The Morgan fingerprint density at radius 1 is 1.35 bits per heavy atom. The lowest BCUT2D eigenvalue weighted by Gasteiger charge is -2.07. The van der Waals surface area contributed by atoms with Crippen molar-refractivity contribution in [3.8, 4) is 5.75 Å². The number of carbonyl (C=O) groups is 1. The van der Waals surface area contributed by atoms with Gasteiger partial charge in [0, 0.05) is 24.8 Å². The Hall–Kier alpha value is -2.40. The molecule has 0 aliphatic carbocycles. The quantitative estimate of drug-likeness (QED) is 0.863. The fourth-order valence-corrected chi connectivity index (χ4v) is 1.80. The van der Waals surface area contributed by atoms with Crippen LogP contribution in [0.15, 0.2) is 42.6 Å². The van der Waals surface area contributed by atoms with Gasteiger partial charge in [-0.15, -0.1) is 0 Å². The summed E-state index contributed by atoms with van der Waals surface area (Å²) in [5.41, 5.74) is 7.74. The molecular formula is C15H17N3O2. The van der Waals surface area contributed by atoms with E-state index in [9.17, 15) is 4.79 Å². The maximum atomic E-state index is 12.0. The van der Waals surface area contributed by atoms with Gasteiger partial charge in [-0.05, 0) is 29.8 Å². The van der Waals surface area contributed by atoms with Crippen molar-refractivity contribution in [1.82, 2.24) is 10.3 Å². The molecule has 0 fully saturated rings. The first-order chi connectivity index (χ1) is 9.72. The lowest BCUT2D eigenvalue weighted by atomic mass is 10.2. The zero-order valence-electron chi connectivity index (χ0n) is 11.3. The van der Waals surface area contributed by atoms with Crippen LogP contribution in [0.25, 0.3) is 0 Å². The monoisotopic (exact) mass is 271 g/mol. The number of rotatable bonds is 5. The molecule has 5 heteroatoms. The third-order valence-electron chi connectivity index (χ3n) is 2.88. The van der Waals surface area contributed by atoms with Crippen LogP contribution in [0.3, 0.4) is 0 Å². The molecule has 0 saturated heterocycles. The fraction of sp³-hybridized carbons (Fsp3) is 0.200. The molecular weight excluding hydrogens is 254 g/mol. The van der Waals surface area contributed by atoms with Crippen LogP contribution in [0, 0.1) is 0 Å². The summed E-state index contributed by atoms with van der Waals surface area (Å²) in [6.07, 6.45) is 1.59. The first-order valence-electron chi connectivity index (χ1n) is 6.29. The maximum Gasteiger partial charge on any atom is 0.251 e. The minimum absolute atomic E-state index is 0.148. The predicted octanol–water partition coefficient (Wildman–Crippen LogP) is 1.48. The Balaban J connectivity index is 2.00. The number of benzene rings is 1. The number of amides is 1. The van der Waals surface area contributed by atoms with E-state index >= 15 is 0 Å². The number of nitrogens with zero attached hydrogens (tertiary/aromatic N) is 1. The fourth-order valence-electron chi connectivity index (χ4n) is 1.80. The number of pyridine rings is 1. The second kappa shape index (κ2) is 6.68. The molecule has 104 valence electrons. The third kappa shape index (κ3) is 3.55.